The van der Waals surface area contributed by atoms with Crippen LogP contribution in [-0.4, -0.2) is 46.1 Å². The summed E-state index contributed by atoms with van der Waals surface area (Å²) >= 11 is 0. The molecule has 9 nitrogen and oxygen atoms in total. The molecule has 0 radical (unpaired) electrons. The molecule has 0 aromatic heterocycles. The molecule has 0 spiro atoms. The van der Waals surface area contributed by atoms with Crippen LogP contribution in [0.5, 0.6) is 0 Å². The number of rotatable bonds is 3. The monoisotopic (exact) mass is 437 g/mol. The normalized spacial score (nSPS) is 13.5. The Labute approximate surface area is 184 Å². The van der Waals surface area contributed by atoms with Crippen LogP contribution in [0.4, 0.5) is 4.79 Å². The van der Waals surface area contributed by atoms with Gasteiger partial charge in [0, 0.05) is 22.3 Å². The summed E-state index contributed by atoms with van der Waals surface area (Å²) in [4.78, 5) is 63.5. The summed E-state index contributed by atoms with van der Waals surface area (Å²) in [5, 5.41) is 2.62. The lowest BCUT2D eigenvalue weighted by molar-refractivity contribution is -0.130. The maximum Gasteiger partial charge on any atom is 0.408 e. The lowest BCUT2D eigenvalue weighted by Crippen LogP contribution is -2.53. The lowest BCUT2D eigenvalue weighted by atomic mass is 9.81. The fourth-order valence-corrected chi connectivity index (χ4v) is 3.31. The molecule has 0 aliphatic heterocycles. The van der Waals surface area contributed by atoms with Crippen molar-refractivity contribution in [1.29, 1.82) is 0 Å². The minimum atomic E-state index is -1.18. The molecule has 2 aromatic rings. The Hall–Kier alpha value is -3.85. The Morgan fingerprint density at radius 2 is 1.50 bits per heavy atom. The number of hydrogen-bond donors (Lipinski definition) is 2. The summed E-state index contributed by atoms with van der Waals surface area (Å²) in [6.07, 6.45) is -0.853. The molecule has 0 unspecified atom stereocenters. The molecular formula is C23H23N3O6. The van der Waals surface area contributed by atoms with E-state index in [2.05, 4.69) is 5.32 Å². The Bertz CT molecular complexity index is 1150. The Morgan fingerprint density at radius 1 is 0.938 bits per heavy atom. The number of imide groups is 1. The zero-order valence-corrected chi connectivity index (χ0v) is 18.1. The lowest BCUT2D eigenvalue weighted by Gasteiger charge is -2.24. The highest BCUT2D eigenvalue weighted by atomic mass is 16.6. The fourth-order valence-electron chi connectivity index (χ4n) is 3.31. The summed E-state index contributed by atoms with van der Waals surface area (Å²) in [5.41, 5.74) is -0.615. The van der Waals surface area contributed by atoms with Crippen molar-refractivity contribution in [2.24, 2.45) is 5.84 Å². The van der Waals surface area contributed by atoms with Gasteiger partial charge in [0.15, 0.2) is 11.6 Å². The quantitative estimate of drug-likeness (QED) is 0.364. The topological polar surface area (TPSA) is 136 Å². The van der Waals surface area contributed by atoms with Gasteiger partial charge < -0.3 is 10.1 Å². The van der Waals surface area contributed by atoms with Gasteiger partial charge in [0.25, 0.3) is 11.8 Å². The predicted octanol–water partition coefficient (Wildman–Crippen LogP) is 2.22. The fraction of sp³-hybridized carbons (Fsp3) is 0.261. The molecule has 3 amide bonds. The highest BCUT2D eigenvalue weighted by Crippen LogP contribution is 2.30. The molecule has 9 heteroatoms. The van der Waals surface area contributed by atoms with Gasteiger partial charge in [-0.1, -0.05) is 36.4 Å². The van der Waals surface area contributed by atoms with Gasteiger partial charge in [-0.15, -0.1) is 0 Å². The number of fused-ring (bicyclic) bond motifs is 2. The molecule has 0 fully saturated rings. The van der Waals surface area contributed by atoms with Crippen molar-refractivity contribution < 1.29 is 28.7 Å². The predicted molar refractivity (Wildman–Crippen MR) is 114 cm³/mol. The van der Waals surface area contributed by atoms with E-state index in [1.54, 1.807) is 32.9 Å². The van der Waals surface area contributed by atoms with Crippen LogP contribution < -0.4 is 11.2 Å². The first-order chi connectivity index (χ1) is 14.9. The average Bonchev–Trinajstić information content (AvgIpc) is 2.74. The van der Waals surface area contributed by atoms with Crippen LogP contribution in [-0.2, 0) is 9.53 Å². The van der Waals surface area contributed by atoms with E-state index in [0.717, 1.165) is 0 Å². The van der Waals surface area contributed by atoms with Crippen LogP contribution in [0.1, 0.15) is 69.9 Å². The Kier molecular flexibility index (Phi) is 5.96. The van der Waals surface area contributed by atoms with Crippen LogP contribution in [0, 0.1) is 0 Å². The SMILES string of the molecule is C[C@H](NC(=O)OC(C)(C)C)C(=O)N(N)C(=O)c1cccc2c1C(=O)c1ccccc1C2=O. The number of carbonyl (C=O) groups excluding carboxylic acids is 5. The minimum absolute atomic E-state index is 0.0559. The zero-order valence-electron chi connectivity index (χ0n) is 18.1. The molecule has 0 heterocycles. The molecule has 0 saturated heterocycles. The number of nitrogens with one attached hydrogen (secondary N) is 1. The maximum atomic E-state index is 13.1. The second kappa shape index (κ2) is 8.35. The van der Waals surface area contributed by atoms with Crippen molar-refractivity contribution in [3.05, 3.63) is 70.3 Å². The van der Waals surface area contributed by atoms with E-state index in [0.29, 0.717) is 5.01 Å². The molecule has 1 aliphatic rings. The van der Waals surface area contributed by atoms with Gasteiger partial charge in [-0.2, -0.15) is 0 Å². The highest BCUT2D eigenvalue weighted by Gasteiger charge is 2.35. The van der Waals surface area contributed by atoms with Gasteiger partial charge >= 0.3 is 6.09 Å². The van der Waals surface area contributed by atoms with E-state index in [9.17, 15) is 24.0 Å². The molecule has 166 valence electrons. The van der Waals surface area contributed by atoms with Crippen molar-refractivity contribution in [2.75, 3.05) is 0 Å². The summed E-state index contributed by atoms with van der Waals surface area (Å²) in [6, 6.07) is 9.30. The number of nitrogens with two attached hydrogens (primary N) is 1. The number of ether oxygens (including phenoxy) is 1. The number of ketones is 2. The molecule has 2 aromatic carbocycles. The largest absolute Gasteiger partial charge is 0.444 e. The molecule has 1 atom stereocenters. The average molecular weight is 437 g/mol. The zero-order chi connectivity index (χ0) is 23.8. The van der Waals surface area contributed by atoms with Gasteiger partial charge in [-0.3, -0.25) is 19.2 Å². The van der Waals surface area contributed by atoms with Crippen molar-refractivity contribution in [1.82, 2.24) is 10.3 Å². The minimum Gasteiger partial charge on any atom is -0.444 e. The van der Waals surface area contributed by atoms with E-state index >= 15 is 0 Å². The van der Waals surface area contributed by atoms with Crippen molar-refractivity contribution in [3.63, 3.8) is 0 Å². The molecule has 0 bridgehead atoms. The third-order valence-electron chi connectivity index (χ3n) is 4.74. The number of nitrogens with zero attached hydrogens (tertiary/aromatic N) is 1. The van der Waals surface area contributed by atoms with Gasteiger partial charge in [-0.05, 0) is 33.8 Å². The van der Waals surface area contributed by atoms with Crippen LogP contribution in [0.3, 0.4) is 0 Å². The summed E-state index contributed by atoms with van der Waals surface area (Å²) in [7, 11) is 0. The van der Waals surface area contributed by atoms with Crippen molar-refractivity contribution >= 4 is 29.5 Å². The third kappa shape index (κ3) is 4.28. The summed E-state index contributed by atoms with van der Waals surface area (Å²) in [6.45, 7) is 6.32. The van der Waals surface area contributed by atoms with E-state index in [1.807, 2.05) is 0 Å². The molecule has 0 saturated carbocycles. The first kappa shape index (κ1) is 22.8. The van der Waals surface area contributed by atoms with Crippen molar-refractivity contribution in [3.8, 4) is 0 Å². The Balaban J connectivity index is 1.87. The standard InChI is InChI=1S/C23H23N3O6/c1-12(25-22(31)32-23(2,3)4)20(29)26(24)21(30)16-11-7-10-15-17(16)19(28)14-9-6-5-8-13(14)18(15)27/h5-12H,24H2,1-4H3,(H,25,31)/t12-/m0/s1. The van der Waals surface area contributed by atoms with Crippen molar-refractivity contribution in [2.45, 2.75) is 39.3 Å². The molecular weight excluding hydrogens is 414 g/mol. The number of hydrazine groups is 1. The molecule has 3 N–H and O–H groups in total. The highest BCUT2D eigenvalue weighted by molar-refractivity contribution is 6.31. The second-order valence-corrected chi connectivity index (χ2v) is 8.31. The van der Waals surface area contributed by atoms with Crippen LogP contribution >= 0.6 is 0 Å². The van der Waals surface area contributed by atoms with Crippen LogP contribution in [0.2, 0.25) is 0 Å². The number of benzene rings is 2. The number of amides is 3. The first-order valence-corrected chi connectivity index (χ1v) is 9.86. The maximum absolute atomic E-state index is 13.1. The Morgan fingerprint density at radius 3 is 2.09 bits per heavy atom. The molecule has 3 rings (SSSR count). The van der Waals surface area contributed by atoms with Gasteiger partial charge in [0.05, 0.1) is 5.56 Å². The van der Waals surface area contributed by atoms with Gasteiger partial charge in [0.1, 0.15) is 11.6 Å². The summed E-state index contributed by atoms with van der Waals surface area (Å²) in [5.74, 6) is 2.93. The summed E-state index contributed by atoms with van der Waals surface area (Å²) < 4.78 is 5.09. The smallest absolute Gasteiger partial charge is 0.408 e. The van der Waals surface area contributed by atoms with E-state index in [1.165, 1.54) is 37.3 Å². The first-order valence-electron chi connectivity index (χ1n) is 9.86. The molecule has 32 heavy (non-hydrogen) atoms. The number of hydrogen-bond acceptors (Lipinski definition) is 7. The van der Waals surface area contributed by atoms with E-state index in [4.69, 9.17) is 10.6 Å². The van der Waals surface area contributed by atoms with E-state index < -0.39 is 41.1 Å². The van der Waals surface area contributed by atoms with Gasteiger partial charge in [-0.25, -0.2) is 15.6 Å². The third-order valence-corrected chi connectivity index (χ3v) is 4.74. The van der Waals surface area contributed by atoms with E-state index in [-0.39, 0.29) is 27.8 Å². The number of carbonyl (C=O) groups is 5. The number of alkyl carbamates (subject to hydrolysis) is 1. The van der Waals surface area contributed by atoms with Gasteiger partial charge in [0.2, 0.25) is 0 Å². The van der Waals surface area contributed by atoms with Crippen LogP contribution in [0.15, 0.2) is 42.5 Å². The van der Waals surface area contributed by atoms with Crippen LogP contribution in [0.25, 0.3) is 0 Å². The molecule has 1 aliphatic carbocycles. The second-order valence-electron chi connectivity index (χ2n) is 8.31.